The zero-order valence-corrected chi connectivity index (χ0v) is 20.8. The van der Waals surface area contributed by atoms with Crippen LogP contribution in [0.4, 0.5) is 0 Å². The van der Waals surface area contributed by atoms with E-state index in [9.17, 15) is 5.11 Å². The zero-order valence-electron chi connectivity index (χ0n) is 20.8. The lowest BCUT2D eigenvalue weighted by Gasteiger charge is -2.40. The van der Waals surface area contributed by atoms with Crippen LogP contribution in [0.15, 0.2) is 23.8 Å². The first-order chi connectivity index (χ1) is 14.1. The van der Waals surface area contributed by atoms with Crippen molar-refractivity contribution in [3.63, 3.8) is 0 Å². The van der Waals surface area contributed by atoms with Crippen molar-refractivity contribution in [2.24, 2.45) is 17.3 Å². The second-order valence-electron chi connectivity index (χ2n) is 10.8. The fourth-order valence-corrected chi connectivity index (χ4v) is 5.34. The molecule has 2 nitrogen and oxygen atoms in total. The van der Waals surface area contributed by atoms with Gasteiger partial charge in [0.1, 0.15) is 0 Å². The highest BCUT2D eigenvalue weighted by Crippen LogP contribution is 2.41. The molecule has 0 saturated carbocycles. The van der Waals surface area contributed by atoms with E-state index < -0.39 is 5.60 Å². The van der Waals surface area contributed by atoms with E-state index in [1.165, 1.54) is 36.0 Å². The van der Waals surface area contributed by atoms with Crippen molar-refractivity contribution in [2.75, 3.05) is 13.1 Å². The summed E-state index contributed by atoms with van der Waals surface area (Å²) in [5, 5.41) is 15.7. The van der Waals surface area contributed by atoms with E-state index in [0.29, 0.717) is 5.92 Å². The first kappa shape index (κ1) is 25.1. The Morgan fingerprint density at radius 2 is 1.93 bits per heavy atom. The van der Waals surface area contributed by atoms with Crippen LogP contribution in [0.1, 0.15) is 103 Å². The number of hydrogen-bond acceptors (Lipinski definition) is 2. The Morgan fingerprint density at radius 3 is 2.50 bits per heavy atom. The first-order valence-corrected chi connectivity index (χ1v) is 12.4. The van der Waals surface area contributed by atoms with Gasteiger partial charge in [0.2, 0.25) is 0 Å². The number of rotatable bonds is 9. The highest BCUT2D eigenvalue weighted by atomic mass is 16.3. The molecule has 2 rings (SSSR count). The lowest BCUT2D eigenvalue weighted by Crippen LogP contribution is -2.44. The van der Waals surface area contributed by atoms with Gasteiger partial charge in [0.25, 0.3) is 0 Å². The summed E-state index contributed by atoms with van der Waals surface area (Å²) in [4.78, 5) is 0. The molecule has 1 saturated heterocycles. The van der Waals surface area contributed by atoms with E-state index in [2.05, 4.69) is 78.1 Å². The van der Waals surface area contributed by atoms with Crippen LogP contribution in [0.2, 0.25) is 0 Å². The Hall–Kier alpha value is -1.12. The van der Waals surface area contributed by atoms with E-state index in [4.69, 9.17) is 0 Å². The van der Waals surface area contributed by atoms with Gasteiger partial charge in [-0.25, -0.2) is 0 Å². The number of benzene rings is 1. The van der Waals surface area contributed by atoms with Gasteiger partial charge < -0.3 is 10.4 Å². The Balaban J connectivity index is 2.47. The van der Waals surface area contributed by atoms with Crippen molar-refractivity contribution in [1.29, 1.82) is 0 Å². The molecule has 2 heteroatoms. The van der Waals surface area contributed by atoms with Crippen molar-refractivity contribution >= 4 is 6.08 Å². The Morgan fingerprint density at radius 1 is 1.20 bits per heavy atom. The normalized spacial score (nSPS) is 20.4. The summed E-state index contributed by atoms with van der Waals surface area (Å²) in [6.07, 6.45) is 10.3. The third kappa shape index (κ3) is 6.20. The lowest BCUT2D eigenvalue weighted by atomic mass is 9.72. The van der Waals surface area contributed by atoms with Gasteiger partial charge in [-0.1, -0.05) is 97.1 Å². The summed E-state index contributed by atoms with van der Waals surface area (Å²) in [7, 11) is 0. The molecule has 1 aliphatic heterocycles. The number of hydrogen-bond donors (Lipinski definition) is 2. The van der Waals surface area contributed by atoms with Crippen LogP contribution in [0.25, 0.3) is 6.08 Å². The number of allylic oxidation sites excluding steroid dienone is 1. The average Bonchev–Trinajstić information content (AvgIpc) is 2.69. The Bertz CT molecular complexity index is 691. The lowest BCUT2D eigenvalue weighted by molar-refractivity contribution is -0.0431. The van der Waals surface area contributed by atoms with Crippen LogP contribution in [-0.2, 0) is 5.60 Å². The minimum atomic E-state index is -0.741. The molecule has 170 valence electrons. The third-order valence-electron chi connectivity index (χ3n) is 7.02. The van der Waals surface area contributed by atoms with E-state index in [-0.39, 0.29) is 11.3 Å². The predicted molar refractivity (Wildman–Crippen MR) is 132 cm³/mol. The second-order valence-corrected chi connectivity index (χ2v) is 10.8. The van der Waals surface area contributed by atoms with Crippen molar-refractivity contribution in [2.45, 2.75) is 99.0 Å². The van der Waals surface area contributed by atoms with Crippen LogP contribution >= 0.6 is 0 Å². The topological polar surface area (TPSA) is 32.3 Å². The first-order valence-electron chi connectivity index (χ1n) is 12.4. The summed E-state index contributed by atoms with van der Waals surface area (Å²) >= 11 is 0. The SMILES string of the molecule is CCCCCC[C@@](O)(c1cccc(/C=C(\C(C)C)C(C)(C)C)c1C)[C@@H]1CCCNC1. The van der Waals surface area contributed by atoms with E-state index >= 15 is 0 Å². The van der Waals surface area contributed by atoms with Crippen molar-refractivity contribution < 1.29 is 5.11 Å². The summed E-state index contributed by atoms with van der Waals surface area (Å²) in [6, 6.07) is 6.57. The van der Waals surface area contributed by atoms with Gasteiger partial charge in [-0.3, -0.25) is 0 Å². The van der Waals surface area contributed by atoms with Crippen LogP contribution < -0.4 is 5.32 Å². The van der Waals surface area contributed by atoms with E-state index in [1.54, 1.807) is 0 Å². The second kappa shape index (κ2) is 11.0. The summed E-state index contributed by atoms with van der Waals surface area (Å²) < 4.78 is 0. The van der Waals surface area contributed by atoms with E-state index in [1.807, 2.05) is 0 Å². The van der Waals surface area contributed by atoms with Gasteiger partial charge in [0.15, 0.2) is 0 Å². The monoisotopic (exact) mass is 413 g/mol. The highest BCUT2D eigenvalue weighted by molar-refractivity contribution is 5.60. The fourth-order valence-electron chi connectivity index (χ4n) is 5.34. The van der Waals surface area contributed by atoms with Gasteiger partial charge in [-0.05, 0) is 60.8 Å². The van der Waals surface area contributed by atoms with Crippen LogP contribution in [0.5, 0.6) is 0 Å². The van der Waals surface area contributed by atoms with Crippen LogP contribution in [0, 0.1) is 24.2 Å². The molecule has 1 aromatic carbocycles. The molecule has 1 aromatic rings. The summed E-state index contributed by atoms with van der Waals surface area (Å²) in [6.45, 7) is 17.9. The van der Waals surface area contributed by atoms with E-state index in [0.717, 1.165) is 44.3 Å². The molecular formula is C28H47NO. The summed E-state index contributed by atoms with van der Waals surface area (Å²) in [5.41, 5.74) is 4.53. The molecule has 0 aromatic heterocycles. The molecule has 0 aliphatic carbocycles. The van der Waals surface area contributed by atoms with Gasteiger partial charge >= 0.3 is 0 Å². The quantitative estimate of drug-likeness (QED) is 0.418. The molecule has 0 bridgehead atoms. The average molecular weight is 414 g/mol. The van der Waals surface area contributed by atoms with Gasteiger partial charge in [0.05, 0.1) is 5.60 Å². The van der Waals surface area contributed by atoms with Crippen molar-refractivity contribution in [3.05, 3.63) is 40.5 Å². The maximum atomic E-state index is 12.2. The summed E-state index contributed by atoms with van der Waals surface area (Å²) in [5.74, 6) is 0.793. The third-order valence-corrected chi connectivity index (χ3v) is 7.02. The number of unbranched alkanes of at least 4 members (excludes halogenated alkanes) is 3. The van der Waals surface area contributed by atoms with Gasteiger partial charge in [-0.15, -0.1) is 0 Å². The number of aliphatic hydroxyl groups is 1. The highest BCUT2D eigenvalue weighted by Gasteiger charge is 2.39. The smallest absolute Gasteiger partial charge is 0.0939 e. The van der Waals surface area contributed by atoms with Gasteiger partial charge in [0, 0.05) is 12.5 Å². The Labute approximate surface area is 186 Å². The zero-order chi connectivity index (χ0) is 22.4. The van der Waals surface area contributed by atoms with Crippen LogP contribution in [0.3, 0.4) is 0 Å². The van der Waals surface area contributed by atoms with Crippen LogP contribution in [-0.4, -0.2) is 18.2 Å². The minimum absolute atomic E-state index is 0.139. The molecule has 0 spiro atoms. The van der Waals surface area contributed by atoms with Crippen molar-refractivity contribution in [3.8, 4) is 0 Å². The molecule has 1 fully saturated rings. The Kier molecular flexibility index (Phi) is 9.18. The maximum absolute atomic E-state index is 12.2. The molecule has 0 unspecified atom stereocenters. The molecule has 1 heterocycles. The molecule has 30 heavy (non-hydrogen) atoms. The number of nitrogens with one attached hydrogen (secondary N) is 1. The maximum Gasteiger partial charge on any atom is 0.0939 e. The molecule has 0 amide bonds. The fraction of sp³-hybridized carbons (Fsp3) is 0.714. The molecule has 2 atom stereocenters. The predicted octanol–water partition coefficient (Wildman–Crippen LogP) is 7.24. The molecule has 0 radical (unpaired) electrons. The standard InChI is InChI=1S/C28H47NO/c1-8-9-10-11-17-28(30,24-15-13-18-29-20-24)25-16-12-14-23(22(25)4)19-26(21(2)3)27(5,6)7/h12,14,16,19,21,24,29-30H,8-11,13,15,17-18,20H2,1-7H3/b26-19+/t24-,28+/m1/s1. The molecule has 1 aliphatic rings. The number of piperidine rings is 1. The van der Waals surface area contributed by atoms with Gasteiger partial charge in [-0.2, -0.15) is 0 Å². The largest absolute Gasteiger partial charge is 0.385 e. The molecular weight excluding hydrogens is 366 g/mol. The van der Waals surface area contributed by atoms with Crippen molar-refractivity contribution in [1.82, 2.24) is 5.32 Å². The minimum Gasteiger partial charge on any atom is -0.385 e. The molecule has 2 N–H and O–H groups in total.